The fraction of sp³-hybridized carbons (Fsp3) is 0.316. The first-order chi connectivity index (χ1) is 13.5. The Morgan fingerprint density at radius 1 is 1.29 bits per heavy atom. The highest BCUT2D eigenvalue weighted by Gasteiger charge is 2.27. The van der Waals surface area contributed by atoms with Gasteiger partial charge in [-0.25, -0.2) is 8.42 Å². The molecule has 9 heteroatoms. The summed E-state index contributed by atoms with van der Waals surface area (Å²) in [6.07, 6.45) is 4.33. The number of nitrogens with one attached hydrogen (secondary N) is 1. The van der Waals surface area contributed by atoms with Gasteiger partial charge in [0.25, 0.3) is 0 Å². The molecule has 1 aliphatic heterocycles. The first-order valence-electron chi connectivity index (χ1n) is 8.88. The van der Waals surface area contributed by atoms with Crippen molar-refractivity contribution in [3.05, 3.63) is 48.4 Å². The lowest BCUT2D eigenvalue weighted by atomic mass is 10.3. The predicted octanol–water partition coefficient (Wildman–Crippen LogP) is 2.35. The molecule has 1 aromatic heterocycles. The second-order valence-electron chi connectivity index (χ2n) is 5.95. The molecule has 8 nitrogen and oxygen atoms in total. The van der Waals surface area contributed by atoms with E-state index < -0.39 is 15.9 Å². The average Bonchev–Trinajstić information content (AvgIpc) is 3.22. The molecule has 0 radical (unpaired) electrons. The number of furan rings is 1. The third-order valence-corrected chi connectivity index (χ3v) is 5.95. The summed E-state index contributed by atoms with van der Waals surface area (Å²) in [6, 6.07) is 7.86. The lowest BCUT2D eigenvalue weighted by Crippen LogP contribution is -2.40. The Balaban J connectivity index is 1.83. The highest BCUT2D eigenvalue weighted by molar-refractivity contribution is 7.89. The van der Waals surface area contributed by atoms with Gasteiger partial charge in [0.1, 0.15) is 11.5 Å². The molecule has 1 N–H and O–H groups in total. The van der Waals surface area contributed by atoms with Crippen LogP contribution in [-0.4, -0.2) is 51.5 Å². The minimum absolute atomic E-state index is 0.0863. The number of hydrogen-bond acceptors (Lipinski definition) is 6. The molecule has 0 aliphatic carbocycles. The van der Waals surface area contributed by atoms with Crippen molar-refractivity contribution >= 4 is 27.7 Å². The van der Waals surface area contributed by atoms with Crippen LogP contribution in [0.15, 0.2) is 52.0 Å². The first-order valence-corrected chi connectivity index (χ1v) is 10.3. The number of benzene rings is 1. The van der Waals surface area contributed by atoms with Gasteiger partial charge in [-0.2, -0.15) is 4.31 Å². The molecular formula is C19H22N2O6S. The normalized spacial score (nSPS) is 15.6. The zero-order valence-electron chi connectivity index (χ0n) is 15.5. The molecule has 1 amide bonds. The topological polar surface area (TPSA) is 98.1 Å². The first kappa shape index (κ1) is 20.1. The van der Waals surface area contributed by atoms with Crippen LogP contribution in [0.3, 0.4) is 0 Å². The molecular weight excluding hydrogens is 384 g/mol. The van der Waals surface area contributed by atoms with Crippen molar-refractivity contribution in [1.82, 2.24) is 4.31 Å². The van der Waals surface area contributed by atoms with E-state index >= 15 is 0 Å². The summed E-state index contributed by atoms with van der Waals surface area (Å²) in [7, 11) is -3.69. The van der Waals surface area contributed by atoms with E-state index in [0.29, 0.717) is 44.4 Å². The number of ether oxygens (including phenoxy) is 2. The van der Waals surface area contributed by atoms with Gasteiger partial charge >= 0.3 is 0 Å². The molecule has 0 spiro atoms. The maximum absolute atomic E-state index is 12.9. The number of rotatable bonds is 7. The number of anilines is 1. The van der Waals surface area contributed by atoms with Crippen LogP contribution in [0, 0.1) is 0 Å². The second kappa shape index (κ2) is 9.05. The number of amides is 1. The molecule has 0 bridgehead atoms. The van der Waals surface area contributed by atoms with E-state index in [0.717, 1.165) is 0 Å². The Hall–Kier alpha value is -2.62. The minimum Gasteiger partial charge on any atom is -0.492 e. The smallest absolute Gasteiger partial charge is 0.248 e. The third kappa shape index (κ3) is 4.80. The van der Waals surface area contributed by atoms with E-state index in [9.17, 15) is 13.2 Å². The summed E-state index contributed by atoms with van der Waals surface area (Å²) < 4.78 is 43.0. The fourth-order valence-electron chi connectivity index (χ4n) is 2.70. The second-order valence-corrected chi connectivity index (χ2v) is 7.88. The van der Waals surface area contributed by atoms with Gasteiger partial charge < -0.3 is 19.2 Å². The van der Waals surface area contributed by atoms with Crippen LogP contribution in [-0.2, 0) is 19.6 Å². The maximum Gasteiger partial charge on any atom is 0.248 e. The largest absolute Gasteiger partial charge is 0.492 e. The Kier molecular flexibility index (Phi) is 6.50. The lowest BCUT2D eigenvalue weighted by molar-refractivity contribution is -0.111. The number of carbonyl (C=O) groups is 1. The summed E-state index contributed by atoms with van der Waals surface area (Å²) in [6.45, 7) is 3.49. The van der Waals surface area contributed by atoms with Crippen LogP contribution in [0.1, 0.15) is 12.7 Å². The molecule has 3 rings (SSSR count). The van der Waals surface area contributed by atoms with E-state index in [2.05, 4.69) is 5.32 Å². The van der Waals surface area contributed by atoms with E-state index in [4.69, 9.17) is 13.9 Å². The fourth-order valence-corrected chi connectivity index (χ4v) is 4.14. The maximum atomic E-state index is 12.9. The average molecular weight is 406 g/mol. The highest BCUT2D eigenvalue weighted by Crippen LogP contribution is 2.29. The molecule has 1 aromatic carbocycles. The lowest BCUT2D eigenvalue weighted by Gasteiger charge is -2.26. The molecule has 1 aliphatic rings. The van der Waals surface area contributed by atoms with Crippen molar-refractivity contribution in [2.75, 3.05) is 38.2 Å². The van der Waals surface area contributed by atoms with Gasteiger partial charge in [0.2, 0.25) is 15.9 Å². The number of carbonyl (C=O) groups excluding carboxylic acids is 1. The number of sulfonamides is 1. The van der Waals surface area contributed by atoms with Crippen LogP contribution in [0.4, 0.5) is 5.69 Å². The summed E-state index contributed by atoms with van der Waals surface area (Å²) in [5.74, 6) is 0.491. The highest BCUT2D eigenvalue weighted by atomic mass is 32.2. The van der Waals surface area contributed by atoms with Crippen molar-refractivity contribution in [2.24, 2.45) is 0 Å². The van der Waals surface area contributed by atoms with E-state index in [1.165, 1.54) is 34.9 Å². The SMILES string of the molecule is CCOc1ccc(S(=O)(=O)N2CCOCC2)cc1NC(=O)C=Cc1ccco1. The van der Waals surface area contributed by atoms with Crippen molar-refractivity contribution in [3.63, 3.8) is 0 Å². The van der Waals surface area contributed by atoms with Gasteiger partial charge in [-0.05, 0) is 43.3 Å². The Morgan fingerprint density at radius 2 is 2.07 bits per heavy atom. The van der Waals surface area contributed by atoms with Crippen molar-refractivity contribution in [1.29, 1.82) is 0 Å². The monoisotopic (exact) mass is 406 g/mol. The molecule has 1 fully saturated rings. The Morgan fingerprint density at radius 3 is 2.75 bits per heavy atom. The molecule has 0 unspecified atom stereocenters. The number of hydrogen-bond donors (Lipinski definition) is 1. The number of nitrogens with zero attached hydrogens (tertiary/aromatic N) is 1. The standard InChI is InChI=1S/C19H22N2O6S/c1-2-26-18-7-6-16(28(23,24)21-9-12-25-13-10-21)14-17(18)20-19(22)8-5-15-4-3-11-27-15/h3-8,11,14H,2,9-10,12-13H2,1H3,(H,20,22). The van der Waals surface area contributed by atoms with Crippen LogP contribution in [0.2, 0.25) is 0 Å². The summed E-state index contributed by atoms with van der Waals surface area (Å²) >= 11 is 0. The zero-order valence-corrected chi connectivity index (χ0v) is 16.3. The molecule has 1 saturated heterocycles. The minimum atomic E-state index is -3.69. The summed E-state index contributed by atoms with van der Waals surface area (Å²) in [4.78, 5) is 12.3. The molecule has 2 heterocycles. The van der Waals surface area contributed by atoms with Gasteiger partial charge in [-0.15, -0.1) is 0 Å². The van der Waals surface area contributed by atoms with Gasteiger partial charge in [0, 0.05) is 19.2 Å². The van der Waals surface area contributed by atoms with Crippen molar-refractivity contribution in [3.8, 4) is 5.75 Å². The van der Waals surface area contributed by atoms with E-state index in [-0.39, 0.29) is 10.6 Å². The van der Waals surface area contributed by atoms with Crippen molar-refractivity contribution in [2.45, 2.75) is 11.8 Å². The molecule has 0 atom stereocenters. The predicted molar refractivity (Wildman–Crippen MR) is 104 cm³/mol. The van der Waals surface area contributed by atoms with Gasteiger partial charge in [0.15, 0.2) is 0 Å². The summed E-state index contributed by atoms with van der Waals surface area (Å²) in [5.41, 5.74) is 0.283. The van der Waals surface area contributed by atoms with Gasteiger partial charge in [-0.1, -0.05) is 0 Å². The van der Waals surface area contributed by atoms with Crippen LogP contribution >= 0.6 is 0 Å². The van der Waals surface area contributed by atoms with Crippen LogP contribution in [0.5, 0.6) is 5.75 Å². The van der Waals surface area contributed by atoms with E-state index in [1.54, 1.807) is 25.1 Å². The molecule has 28 heavy (non-hydrogen) atoms. The van der Waals surface area contributed by atoms with Crippen molar-refractivity contribution < 1.29 is 27.1 Å². The summed E-state index contributed by atoms with van der Waals surface area (Å²) in [5, 5.41) is 2.67. The van der Waals surface area contributed by atoms with Gasteiger partial charge in [0.05, 0.1) is 36.7 Å². The third-order valence-electron chi connectivity index (χ3n) is 4.06. The zero-order chi connectivity index (χ0) is 20.0. The molecule has 150 valence electrons. The van der Waals surface area contributed by atoms with Gasteiger partial charge in [-0.3, -0.25) is 4.79 Å². The Labute approximate surface area is 163 Å². The van der Waals surface area contributed by atoms with Crippen LogP contribution < -0.4 is 10.1 Å². The Bertz CT molecular complexity index is 931. The number of morpholine rings is 1. The molecule has 2 aromatic rings. The van der Waals surface area contributed by atoms with Crippen LogP contribution in [0.25, 0.3) is 6.08 Å². The van der Waals surface area contributed by atoms with E-state index in [1.807, 2.05) is 0 Å². The molecule has 0 saturated carbocycles. The quantitative estimate of drug-likeness (QED) is 0.709.